The van der Waals surface area contributed by atoms with Gasteiger partial charge < -0.3 is 14.8 Å². The van der Waals surface area contributed by atoms with Crippen molar-refractivity contribution in [1.29, 1.82) is 5.26 Å². The molecule has 5 nitrogen and oxygen atoms in total. The van der Waals surface area contributed by atoms with Crippen LogP contribution >= 0.6 is 0 Å². The van der Waals surface area contributed by atoms with Crippen molar-refractivity contribution in [1.82, 2.24) is 5.32 Å². The van der Waals surface area contributed by atoms with Gasteiger partial charge in [-0.3, -0.25) is 4.79 Å². The van der Waals surface area contributed by atoms with E-state index in [1.54, 1.807) is 18.2 Å². The van der Waals surface area contributed by atoms with Crippen molar-refractivity contribution in [3.63, 3.8) is 0 Å². The molecular weight excluding hydrogens is 208 g/mol. The van der Waals surface area contributed by atoms with Crippen LogP contribution in [0.2, 0.25) is 0 Å². The lowest BCUT2D eigenvalue weighted by atomic mass is 10.1. The van der Waals surface area contributed by atoms with Gasteiger partial charge in [0.05, 0.1) is 20.3 Å². The number of benzene rings is 1. The van der Waals surface area contributed by atoms with Crippen molar-refractivity contribution >= 4 is 5.91 Å². The topological polar surface area (TPSA) is 71.3 Å². The van der Waals surface area contributed by atoms with Gasteiger partial charge in [-0.1, -0.05) is 6.07 Å². The normalized spacial score (nSPS) is 9.06. The Balaban J connectivity index is 3.08. The molecule has 0 aliphatic heterocycles. The fraction of sp³-hybridized carbons (Fsp3) is 0.273. The Kier molecular flexibility index (Phi) is 4.16. The highest BCUT2D eigenvalue weighted by atomic mass is 16.5. The lowest BCUT2D eigenvalue weighted by Crippen LogP contribution is -2.24. The van der Waals surface area contributed by atoms with E-state index in [1.165, 1.54) is 14.2 Å². The van der Waals surface area contributed by atoms with Crippen molar-refractivity contribution in [3.8, 4) is 17.6 Å². The first-order chi connectivity index (χ1) is 7.74. The van der Waals surface area contributed by atoms with Crippen LogP contribution in [0, 0.1) is 11.3 Å². The number of hydrogen-bond acceptors (Lipinski definition) is 4. The summed E-state index contributed by atoms with van der Waals surface area (Å²) in [7, 11) is 2.94. The van der Waals surface area contributed by atoms with E-state index in [-0.39, 0.29) is 6.54 Å². The SMILES string of the molecule is COc1cccc(OC)c1C(=O)NCC#N. The molecule has 0 saturated heterocycles. The van der Waals surface area contributed by atoms with Crippen molar-refractivity contribution in [2.75, 3.05) is 20.8 Å². The molecule has 5 heteroatoms. The van der Waals surface area contributed by atoms with Crippen LogP contribution < -0.4 is 14.8 Å². The van der Waals surface area contributed by atoms with E-state index < -0.39 is 5.91 Å². The molecule has 0 aromatic heterocycles. The molecule has 0 radical (unpaired) electrons. The number of ether oxygens (including phenoxy) is 2. The van der Waals surface area contributed by atoms with Gasteiger partial charge in [0.15, 0.2) is 0 Å². The summed E-state index contributed by atoms with van der Waals surface area (Å²) in [5.41, 5.74) is 0.294. The monoisotopic (exact) mass is 220 g/mol. The molecule has 1 aromatic rings. The summed E-state index contributed by atoms with van der Waals surface area (Å²) in [6.07, 6.45) is 0. The second kappa shape index (κ2) is 5.61. The molecule has 0 unspecified atom stereocenters. The summed E-state index contributed by atoms with van der Waals surface area (Å²) >= 11 is 0. The average molecular weight is 220 g/mol. The Hall–Kier alpha value is -2.22. The summed E-state index contributed by atoms with van der Waals surface area (Å²) in [5.74, 6) is 0.431. The third-order valence-electron chi connectivity index (χ3n) is 1.98. The molecule has 0 saturated carbocycles. The van der Waals surface area contributed by atoms with Gasteiger partial charge in [-0.2, -0.15) is 5.26 Å². The molecule has 0 heterocycles. The van der Waals surface area contributed by atoms with E-state index in [4.69, 9.17) is 14.7 Å². The van der Waals surface area contributed by atoms with Gasteiger partial charge in [0.25, 0.3) is 5.91 Å². The maximum atomic E-state index is 11.7. The number of amides is 1. The van der Waals surface area contributed by atoms with E-state index in [9.17, 15) is 4.79 Å². The van der Waals surface area contributed by atoms with Gasteiger partial charge >= 0.3 is 0 Å². The maximum absolute atomic E-state index is 11.7. The maximum Gasteiger partial charge on any atom is 0.259 e. The quantitative estimate of drug-likeness (QED) is 0.767. The van der Waals surface area contributed by atoms with Crippen molar-refractivity contribution < 1.29 is 14.3 Å². The lowest BCUT2D eigenvalue weighted by molar-refractivity contribution is 0.0952. The fourth-order valence-electron chi connectivity index (χ4n) is 1.28. The average Bonchev–Trinajstić information content (AvgIpc) is 2.34. The first-order valence-electron chi connectivity index (χ1n) is 4.60. The Morgan fingerprint density at radius 1 is 1.38 bits per heavy atom. The third kappa shape index (κ3) is 2.42. The molecule has 1 rings (SSSR count). The smallest absolute Gasteiger partial charge is 0.259 e. The van der Waals surface area contributed by atoms with Gasteiger partial charge in [0.1, 0.15) is 23.6 Å². The molecule has 0 bridgehead atoms. The van der Waals surface area contributed by atoms with Crippen LogP contribution in [0.1, 0.15) is 10.4 Å². The molecule has 0 fully saturated rings. The Bertz CT molecular complexity index is 401. The van der Waals surface area contributed by atoms with Crippen molar-refractivity contribution in [3.05, 3.63) is 23.8 Å². The minimum atomic E-state index is -0.393. The van der Waals surface area contributed by atoms with Gasteiger partial charge in [-0.25, -0.2) is 0 Å². The van der Waals surface area contributed by atoms with E-state index >= 15 is 0 Å². The van der Waals surface area contributed by atoms with Crippen LogP contribution in [0.5, 0.6) is 11.5 Å². The zero-order valence-corrected chi connectivity index (χ0v) is 9.11. The largest absolute Gasteiger partial charge is 0.496 e. The number of rotatable bonds is 4. The highest BCUT2D eigenvalue weighted by Gasteiger charge is 2.17. The molecule has 0 spiro atoms. The van der Waals surface area contributed by atoms with E-state index in [0.29, 0.717) is 17.1 Å². The van der Waals surface area contributed by atoms with Crippen molar-refractivity contribution in [2.45, 2.75) is 0 Å². The first kappa shape index (κ1) is 11.9. The zero-order chi connectivity index (χ0) is 12.0. The van der Waals surface area contributed by atoms with E-state index in [0.717, 1.165) is 0 Å². The summed E-state index contributed by atoms with van der Waals surface area (Å²) in [4.78, 5) is 11.7. The summed E-state index contributed by atoms with van der Waals surface area (Å²) in [5, 5.41) is 10.8. The van der Waals surface area contributed by atoms with Crippen LogP contribution in [-0.4, -0.2) is 26.7 Å². The number of nitriles is 1. The van der Waals surface area contributed by atoms with Gasteiger partial charge in [0, 0.05) is 0 Å². The standard InChI is InChI=1S/C11H12N2O3/c1-15-8-4-3-5-9(16-2)10(8)11(14)13-7-6-12/h3-5H,7H2,1-2H3,(H,13,14). The Labute approximate surface area is 93.6 Å². The number of carbonyl (C=O) groups excluding carboxylic acids is 1. The number of methoxy groups -OCH3 is 2. The molecule has 1 aromatic carbocycles. The van der Waals surface area contributed by atoms with Crippen LogP contribution in [-0.2, 0) is 0 Å². The van der Waals surface area contributed by atoms with Gasteiger partial charge in [-0.05, 0) is 12.1 Å². The number of hydrogen-bond donors (Lipinski definition) is 1. The Morgan fingerprint density at radius 3 is 2.38 bits per heavy atom. The van der Waals surface area contributed by atoms with Gasteiger partial charge in [0.2, 0.25) is 0 Å². The van der Waals surface area contributed by atoms with E-state index in [2.05, 4.69) is 5.32 Å². The molecular formula is C11H12N2O3. The highest BCUT2D eigenvalue weighted by Crippen LogP contribution is 2.27. The van der Waals surface area contributed by atoms with Crippen LogP contribution in [0.15, 0.2) is 18.2 Å². The summed E-state index contributed by atoms with van der Waals surface area (Å²) in [6.45, 7) is -0.0555. The Morgan fingerprint density at radius 2 is 1.94 bits per heavy atom. The molecule has 0 atom stereocenters. The lowest BCUT2D eigenvalue weighted by Gasteiger charge is -2.11. The minimum Gasteiger partial charge on any atom is -0.496 e. The van der Waals surface area contributed by atoms with E-state index in [1.807, 2.05) is 6.07 Å². The van der Waals surface area contributed by atoms with Crippen molar-refractivity contribution in [2.24, 2.45) is 0 Å². The molecule has 1 amide bonds. The zero-order valence-electron chi connectivity index (χ0n) is 9.11. The predicted octanol–water partition coefficient (Wildman–Crippen LogP) is 0.957. The summed E-state index contributed by atoms with van der Waals surface area (Å²) < 4.78 is 10.1. The number of nitrogens with zero attached hydrogens (tertiary/aromatic N) is 1. The van der Waals surface area contributed by atoms with Crippen LogP contribution in [0.3, 0.4) is 0 Å². The number of nitrogens with one attached hydrogen (secondary N) is 1. The molecule has 16 heavy (non-hydrogen) atoms. The second-order valence-corrected chi connectivity index (χ2v) is 2.88. The molecule has 84 valence electrons. The van der Waals surface area contributed by atoms with Crippen LogP contribution in [0.25, 0.3) is 0 Å². The molecule has 0 aliphatic carbocycles. The highest BCUT2D eigenvalue weighted by molar-refractivity contribution is 5.99. The third-order valence-corrected chi connectivity index (χ3v) is 1.98. The number of carbonyl (C=O) groups is 1. The van der Waals surface area contributed by atoms with Crippen LogP contribution in [0.4, 0.5) is 0 Å². The minimum absolute atomic E-state index is 0.0555. The van der Waals surface area contributed by atoms with Gasteiger partial charge in [-0.15, -0.1) is 0 Å². The molecule has 0 aliphatic rings. The predicted molar refractivity (Wildman–Crippen MR) is 57.5 cm³/mol. The molecule has 1 N–H and O–H groups in total. The first-order valence-corrected chi connectivity index (χ1v) is 4.60. The fourth-order valence-corrected chi connectivity index (χ4v) is 1.28. The summed E-state index contributed by atoms with van der Waals surface area (Å²) in [6, 6.07) is 6.86. The second-order valence-electron chi connectivity index (χ2n) is 2.88.